The second-order valence-electron chi connectivity index (χ2n) is 4.77. The molecule has 0 aliphatic carbocycles. The Bertz CT molecular complexity index is 623. The molecular formula is C17H19N3S. The molecule has 3 nitrogen and oxygen atoms in total. The van der Waals surface area contributed by atoms with Gasteiger partial charge in [-0.1, -0.05) is 54.6 Å². The Kier molecular flexibility index (Phi) is 5.46. The largest absolute Gasteiger partial charge is 0.357 e. The minimum atomic E-state index is 0.601. The highest BCUT2D eigenvalue weighted by molar-refractivity contribution is 7.80. The molecule has 1 N–H and O–H groups in total. The predicted molar refractivity (Wildman–Crippen MR) is 92.4 cm³/mol. The van der Waals surface area contributed by atoms with Crippen LogP contribution in [0.3, 0.4) is 0 Å². The van der Waals surface area contributed by atoms with Crippen molar-refractivity contribution in [1.29, 1.82) is 0 Å². The number of hydrazone groups is 1. The van der Waals surface area contributed by atoms with Crippen LogP contribution in [0, 0.1) is 6.92 Å². The van der Waals surface area contributed by atoms with Gasteiger partial charge in [0.1, 0.15) is 0 Å². The van der Waals surface area contributed by atoms with E-state index < -0.39 is 0 Å². The third-order valence-corrected chi connectivity index (χ3v) is 3.55. The summed E-state index contributed by atoms with van der Waals surface area (Å²) >= 11 is 5.33. The molecule has 0 spiro atoms. The zero-order chi connectivity index (χ0) is 15.1. The summed E-state index contributed by atoms with van der Waals surface area (Å²) < 4.78 is 0. The molecule has 0 radical (unpaired) electrons. The highest BCUT2D eigenvalue weighted by Crippen LogP contribution is 2.04. The molecule has 0 saturated carbocycles. The first-order valence-corrected chi connectivity index (χ1v) is 7.23. The topological polar surface area (TPSA) is 27.6 Å². The number of benzene rings is 2. The Morgan fingerprint density at radius 1 is 1.14 bits per heavy atom. The van der Waals surface area contributed by atoms with Crippen LogP contribution in [0.25, 0.3) is 0 Å². The SMILES string of the molecule is Cc1ccccc1/C=N\N(C)C(=S)NCc1ccccc1. The Labute approximate surface area is 131 Å². The number of nitrogens with one attached hydrogen (secondary N) is 1. The van der Waals surface area contributed by atoms with E-state index in [1.54, 1.807) is 5.01 Å². The Balaban J connectivity index is 1.89. The van der Waals surface area contributed by atoms with Crippen molar-refractivity contribution < 1.29 is 0 Å². The van der Waals surface area contributed by atoms with Crippen molar-refractivity contribution in [2.75, 3.05) is 7.05 Å². The van der Waals surface area contributed by atoms with E-state index in [-0.39, 0.29) is 0 Å². The smallest absolute Gasteiger partial charge is 0.189 e. The molecule has 2 aromatic rings. The summed E-state index contributed by atoms with van der Waals surface area (Å²) in [4.78, 5) is 0. The standard InChI is InChI=1S/C17H19N3S/c1-14-8-6-7-11-16(14)13-19-20(2)17(21)18-12-15-9-4-3-5-10-15/h3-11,13H,12H2,1-2H3,(H,18,21)/b19-13-. The van der Waals surface area contributed by atoms with Crippen molar-refractivity contribution in [3.8, 4) is 0 Å². The molecular weight excluding hydrogens is 278 g/mol. The molecule has 2 rings (SSSR count). The van der Waals surface area contributed by atoms with Gasteiger partial charge in [-0.15, -0.1) is 0 Å². The highest BCUT2D eigenvalue weighted by Gasteiger charge is 2.01. The lowest BCUT2D eigenvalue weighted by Crippen LogP contribution is -2.33. The fraction of sp³-hybridized carbons (Fsp3) is 0.176. The average Bonchev–Trinajstić information content (AvgIpc) is 2.52. The van der Waals surface area contributed by atoms with Gasteiger partial charge in [0.05, 0.1) is 6.21 Å². The van der Waals surface area contributed by atoms with Crippen LogP contribution in [0.5, 0.6) is 0 Å². The molecule has 21 heavy (non-hydrogen) atoms. The van der Waals surface area contributed by atoms with Gasteiger partial charge in [-0.3, -0.25) is 0 Å². The fourth-order valence-electron chi connectivity index (χ4n) is 1.82. The molecule has 0 unspecified atom stereocenters. The molecule has 4 heteroatoms. The summed E-state index contributed by atoms with van der Waals surface area (Å²) in [7, 11) is 1.84. The van der Waals surface area contributed by atoms with Gasteiger partial charge < -0.3 is 5.32 Å². The summed E-state index contributed by atoms with van der Waals surface area (Å²) in [6, 6.07) is 18.3. The molecule has 0 saturated heterocycles. The summed E-state index contributed by atoms with van der Waals surface area (Å²) in [6.07, 6.45) is 1.83. The van der Waals surface area contributed by atoms with Gasteiger partial charge in [0.25, 0.3) is 0 Å². The number of nitrogens with zero attached hydrogens (tertiary/aromatic N) is 2. The van der Waals surface area contributed by atoms with Crippen molar-refractivity contribution in [3.63, 3.8) is 0 Å². The van der Waals surface area contributed by atoms with E-state index in [4.69, 9.17) is 12.2 Å². The Hall–Kier alpha value is -2.20. The molecule has 0 aliphatic rings. The van der Waals surface area contributed by atoms with Crippen molar-refractivity contribution in [2.45, 2.75) is 13.5 Å². The first-order valence-electron chi connectivity index (χ1n) is 6.82. The van der Waals surface area contributed by atoms with Gasteiger partial charge in [-0.2, -0.15) is 5.10 Å². The van der Waals surface area contributed by atoms with E-state index >= 15 is 0 Å². The maximum Gasteiger partial charge on any atom is 0.189 e. The third kappa shape index (κ3) is 4.68. The zero-order valence-electron chi connectivity index (χ0n) is 12.3. The molecule has 0 bridgehead atoms. The molecule has 0 aromatic heterocycles. The van der Waals surface area contributed by atoms with Gasteiger partial charge in [-0.25, -0.2) is 5.01 Å². The first kappa shape index (κ1) is 15.2. The van der Waals surface area contributed by atoms with Gasteiger partial charge in [-0.05, 0) is 35.8 Å². The average molecular weight is 297 g/mol. The minimum absolute atomic E-state index is 0.601. The third-order valence-electron chi connectivity index (χ3n) is 3.14. The van der Waals surface area contributed by atoms with Crippen molar-refractivity contribution in [3.05, 3.63) is 71.3 Å². The van der Waals surface area contributed by atoms with Crippen molar-refractivity contribution >= 4 is 23.5 Å². The van der Waals surface area contributed by atoms with Crippen LogP contribution < -0.4 is 5.32 Å². The molecule has 108 valence electrons. The highest BCUT2D eigenvalue weighted by atomic mass is 32.1. The monoisotopic (exact) mass is 297 g/mol. The first-order chi connectivity index (χ1) is 10.2. The zero-order valence-corrected chi connectivity index (χ0v) is 13.1. The quantitative estimate of drug-likeness (QED) is 0.533. The van der Waals surface area contributed by atoms with Crippen LogP contribution in [-0.2, 0) is 6.54 Å². The number of thiocarbonyl (C=S) groups is 1. The van der Waals surface area contributed by atoms with E-state index in [9.17, 15) is 0 Å². The van der Waals surface area contributed by atoms with Crippen LogP contribution in [0.4, 0.5) is 0 Å². The Morgan fingerprint density at radius 3 is 2.52 bits per heavy atom. The van der Waals surface area contributed by atoms with Crippen molar-refractivity contribution in [1.82, 2.24) is 10.3 Å². The molecule has 0 amide bonds. The summed E-state index contributed by atoms with van der Waals surface area (Å²) in [5, 5.41) is 9.84. The lowest BCUT2D eigenvalue weighted by molar-refractivity contribution is 0.532. The van der Waals surface area contributed by atoms with E-state index in [1.807, 2.05) is 49.7 Å². The van der Waals surface area contributed by atoms with E-state index in [0.29, 0.717) is 11.7 Å². The summed E-state index contributed by atoms with van der Waals surface area (Å²) in [5.41, 5.74) is 3.48. The maximum atomic E-state index is 5.33. The van der Waals surface area contributed by atoms with Crippen molar-refractivity contribution in [2.24, 2.45) is 5.10 Å². The van der Waals surface area contributed by atoms with E-state index in [1.165, 1.54) is 11.1 Å². The second-order valence-corrected chi connectivity index (χ2v) is 5.16. The van der Waals surface area contributed by atoms with Crippen LogP contribution in [0.2, 0.25) is 0 Å². The van der Waals surface area contributed by atoms with Gasteiger partial charge in [0.15, 0.2) is 5.11 Å². The van der Waals surface area contributed by atoms with Gasteiger partial charge in [0, 0.05) is 13.6 Å². The Morgan fingerprint density at radius 2 is 1.81 bits per heavy atom. The van der Waals surface area contributed by atoms with E-state index in [0.717, 1.165) is 5.56 Å². The fourth-order valence-corrected chi connectivity index (χ4v) is 1.94. The maximum absolute atomic E-state index is 5.33. The molecule has 0 fully saturated rings. The normalized spacial score (nSPS) is 10.6. The minimum Gasteiger partial charge on any atom is -0.357 e. The van der Waals surface area contributed by atoms with Gasteiger partial charge >= 0.3 is 0 Å². The summed E-state index contributed by atoms with van der Waals surface area (Å²) in [6.45, 7) is 2.76. The lowest BCUT2D eigenvalue weighted by Gasteiger charge is -2.15. The van der Waals surface area contributed by atoms with Crippen LogP contribution in [-0.4, -0.2) is 23.4 Å². The van der Waals surface area contributed by atoms with Crippen LogP contribution in [0.15, 0.2) is 59.7 Å². The van der Waals surface area contributed by atoms with E-state index in [2.05, 4.69) is 35.5 Å². The number of rotatable bonds is 4. The lowest BCUT2D eigenvalue weighted by atomic mass is 10.1. The number of hydrogen-bond acceptors (Lipinski definition) is 2. The molecule has 0 heterocycles. The van der Waals surface area contributed by atoms with Gasteiger partial charge in [0.2, 0.25) is 0 Å². The number of aryl methyl sites for hydroxylation is 1. The second kappa shape index (κ2) is 7.55. The predicted octanol–water partition coefficient (Wildman–Crippen LogP) is 3.34. The van der Waals surface area contributed by atoms with Crippen LogP contribution >= 0.6 is 12.2 Å². The molecule has 0 aliphatic heterocycles. The molecule has 0 atom stereocenters. The number of hydrogen-bond donors (Lipinski definition) is 1. The van der Waals surface area contributed by atoms with Crippen LogP contribution in [0.1, 0.15) is 16.7 Å². The summed E-state index contributed by atoms with van der Waals surface area (Å²) in [5.74, 6) is 0. The molecule has 2 aromatic carbocycles.